The summed E-state index contributed by atoms with van der Waals surface area (Å²) in [5.74, 6) is 0.0279. The molecule has 2 aromatic carbocycles. The largest absolute Gasteiger partial charge is 0.537 e. The van der Waals surface area contributed by atoms with Gasteiger partial charge in [-0.25, -0.2) is 0 Å². The van der Waals surface area contributed by atoms with E-state index in [0.717, 1.165) is 6.07 Å². The summed E-state index contributed by atoms with van der Waals surface area (Å²) in [4.78, 5) is -0.703. The molecule has 0 atom stereocenters. The zero-order valence-corrected chi connectivity index (χ0v) is 11.2. The normalized spacial score (nSPS) is 12.1. The van der Waals surface area contributed by atoms with Crippen LogP contribution >= 0.6 is 0 Å². The maximum Gasteiger partial charge on any atom is 0.537 e. The number of ether oxygens (including phenoxy) is 1. The molecule has 2 aromatic rings. The predicted molar refractivity (Wildman–Crippen MR) is 67.3 cm³/mol. The van der Waals surface area contributed by atoms with Crippen molar-refractivity contribution in [1.82, 2.24) is 0 Å². The van der Waals surface area contributed by atoms with E-state index in [1.54, 1.807) is 18.2 Å². The van der Waals surface area contributed by atoms with Crippen molar-refractivity contribution in [3.8, 4) is 11.5 Å². The van der Waals surface area contributed by atoms with E-state index in [4.69, 9.17) is 4.74 Å². The molecule has 0 amide bonds. The summed E-state index contributed by atoms with van der Waals surface area (Å²) >= 11 is 0. The number of benzene rings is 2. The molecule has 4 nitrogen and oxygen atoms in total. The molecular formula is C13H9F3O4S. The lowest BCUT2D eigenvalue weighted by Crippen LogP contribution is -2.20. The zero-order valence-electron chi connectivity index (χ0n) is 10.4. The van der Waals surface area contributed by atoms with Gasteiger partial charge in [-0.05, 0) is 24.3 Å². The quantitative estimate of drug-likeness (QED) is 0.807. The molecule has 0 aliphatic rings. The molecule has 0 unspecified atom stereocenters. The molecule has 0 aromatic heterocycles. The van der Waals surface area contributed by atoms with Gasteiger partial charge in [-0.15, -0.1) is 13.2 Å². The Balaban J connectivity index is 2.38. The second-order valence-electron chi connectivity index (χ2n) is 3.85. The van der Waals surface area contributed by atoms with E-state index in [1.165, 1.54) is 30.3 Å². The fraction of sp³-hybridized carbons (Fsp3) is 0.0769. The van der Waals surface area contributed by atoms with Crippen molar-refractivity contribution in [2.24, 2.45) is 0 Å². The third kappa shape index (κ3) is 4.20. The first-order valence-electron chi connectivity index (χ1n) is 5.62. The molecule has 0 saturated carbocycles. The number of alkyl halides is 3. The van der Waals surface area contributed by atoms with Crippen LogP contribution in [-0.2, 0) is 14.3 Å². The Morgan fingerprint density at radius 3 is 2.05 bits per heavy atom. The number of hydrogen-bond donors (Lipinski definition) is 0. The first-order chi connectivity index (χ1) is 9.78. The highest BCUT2D eigenvalue weighted by atomic mass is 32.2. The molecule has 21 heavy (non-hydrogen) atoms. The van der Waals surface area contributed by atoms with Crippen LogP contribution in [0.5, 0.6) is 11.5 Å². The van der Waals surface area contributed by atoms with Crippen molar-refractivity contribution in [3.05, 3.63) is 54.6 Å². The second-order valence-corrected chi connectivity index (χ2v) is 5.36. The van der Waals surface area contributed by atoms with Gasteiger partial charge >= 0.3 is 16.5 Å². The molecule has 2 rings (SSSR count). The molecule has 112 valence electrons. The SMILES string of the molecule is O=S(=O)(OC(F)(F)F)c1ccccc1Oc1ccccc1. The monoisotopic (exact) mass is 318 g/mol. The van der Waals surface area contributed by atoms with Crippen LogP contribution in [0.25, 0.3) is 0 Å². The highest BCUT2D eigenvalue weighted by Gasteiger charge is 2.39. The molecule has 8 heteroatoms. The van der Waals surface area contributed by atoms with Gasteiger partial charge in [0.05, 0.1) is 0 Å². The van der Waals surface area contributed by atoms with Gasteiger partial charge in [-0.3, -0.25) is 0 Å². The van der Waals surface area contributed by atoms with Gasteiger partial charge in [0.25, 0.3) is 0 Å². The fourth-order valence-corrected chi connectivity index (χ4v) is 2.47. The van der Waals surface area contributed by atoms with Crippen LogP contribution in [0.2, 0.25) is 0 Å². The lowest BCUT2D eigenvalue weighted by Gasteiger charge is -2.12. The van der Waals surface area contributed by atoms with E-state index in [2.05, 4.69) is 4.18 Å². The van der Waals surface area contributed by atoms with Gasteiger partial charge in [-0.2, -0.15) is 12.6 Å². The summed E-state index contributed by atoms with van der Waals surface area (Å²) in [6, 6.07) is 13.0. The smallest absolute Gasteiger partial charge is 0.456 e. The molecular weight excluding hydrogens is 309 g/mol. The maximum atomic E-state index is 12.2. The number of hydrogen-bond acceptors (Lipinski definition) is 4. The summed E-state index contributed by atoms with van der Waals surface area (Å²) < 4.78 is 68.2. The van der Waals surface area contributed by atoms with E-state index in [9.17, 15) is 21.6 Å². The zero-order chi connectivity index (χ0) is 15.5. The number of halogens is 3. The highest BCUT2D eigenvalue weighted by Crippen LogP contribution is 2.32. The van der Waals surface area contributed by atoms with Crippen molar-refractivity contribution in [1.29, 1.82) is 0 Å². The first-order valence-corrected chi connectivity index (χ1v) is 7.03. The molecule has 0 fully saturated rings. The minimum absolute atomic E-state index is 0.257. The van der Waals surface area contributed by atoms with Gasteiger partial charge in [0.2, 0.25) is 0 Å². The summed E-state index contributed by atoms with van der Waals surface area (Å²) in [7, 11) is -5.02. The average Bonchev–Trinajstić information content (AvgIpc) is 2.37. The van der Waals surface area contributed by atoms with Crippen LogP contribution in [0.4, 0.5) is 13.2 Å². The summed E-state index contributed by atoms with van der Waals surface area (Å²) in [6.07, 6.45) is -5.31. The standard InChI is InChI=1S/C13H9F3O4S/c14-13(15,16)20-21(17,18)12-9-5-4-8-11(12)19-10-6-2-1-3-7-10/h1-9H. The summed E-state index contributed by atoms with van der Waals surface area (Å²) in [6.45, 7) is 0. The number of para-hydroxylation sites is 2. The Morgan fingerprint density at radius 2 is 1.43 bits per heavy atom. The first kappa shape index (κ1) is 15.3. The molecule has 0 bridgehead atoms. The highest BCUT2D eigenvalue weighted by molar-refractivity contribution is 7.86. The molecule has 0 aliphatic heterocycles. The predicted octanol–water partition coefficient (Wildman–Crippen LogP) is 3.70. The molecule has 0 saturated heterocycles. The van der Waals surface area contributed by atoms with E-state index in [1.807, 2.05) is 0 Å². The minimum Gasteiger partial charge on any atom is -0.456 e. The molecule has 0 heterocycles. The van der Waals surface area contributed by atoms with E-state index in [0.29, 0.717) is 0 Å². The van der Waals surface area contributed by atoms with Crippen molar-refractivity contribution in [2.45, 2.75) is 11.3 Å². The van der Waals surface area contributed by atoms with Gasteiger partial charge in [-0.1, -0.05) is 30.3 Å². The third-order valence-corrected chi connectivity index (χ3v) is 3.58. The lowest BCUT2D eigenvalue weighted by molar-refractivity contribution is -0.271. The minimum atomic E-state index is -5.31. The van der Waals surface area contributed by atoms with Crippen molar-refractivity contribution in [2.75, 3.05) is 0 Å². The fourth-order valence-electron chi connectivity index (χ4n) is 1.53. The van der Waals surface area contributed by atoms with Crippen molar-refractivity contribution < 1.29 is 30.5 Å². The Labute approximate surface area is 118 Å². The van der Waals surface area contributed by atoms with Crippen molar-refractivity contribution in [3.63, 3.8) is 0 Å². The Bertz CT molecular complexity index is 712. The van der Waals surface area contributed by atoms with E-state index < -0.39 is 21.4 Å². The van der Waals surface area contributed by atoms with E-state index >= 15 is 0 Å². The van der Waals surface area contributed by atoms with Crippen LogP contribution in [0.3, 0.4) is 0 Å². The average molecular weight is 318 g/mol. The summed E-state index contributed by atoms with van der Waals surface area (Å²) in [5, 5.41) is 0. The topological polar surface area (TPSA) is 52.6 Å². The number of rotatable bonds is 4. The van der Waals surface area contributed by atoms with Crippen LogP contribution in [0.1, 0.15) is 0 Å². The molecule has 0 radical (unpaired) electrons. The van der Waals surface area contributed by atoms with Gasteiger partial charge in [0, 0.05) is 0 Å². The Hall–Kier alpha value is -2.06. The maximum absolute atomic E-state index is 12.2. The Morgan fingerprint density at radius 1 is 0.857 bits per heavy atom. The van der Waals surface area contributed by atoms with Crippen LogP contribution < -0.4 is 4.74 Å². The Kier molecular flexibility index (Phi) is 4.19. The molecule has 0 N–H and O–H groups in total. The molecule has 0 aliphatic carbocycles. The molecule has 0 spiro atoms. The van der Waals surface area contributed by atoms with Crippen molar-refractivity contribution >= 4 is 10.1 Å². The third-order valence-electron chi connectivity index (χ3n) is 2.29. The van der Waals surface area contributed by atoms with Gasteiger partial charge < -0.3 is 4.74 Å². The van der Waals surface area contributed by atoms with Gasteiger partial charge in [0.1, 0.15) is 16.4 Å². The van der Waals surface area contributed by atoms with Crippen LogP contribution in [-0.4, -0.2) is 14.8 Å². The summed E-state index contributed by atoms with van der Waals surface area (Å²) in [5.41, 5.74) is 0. The van der Waals surface area contributed by atoms with Crippen LogP contribution in [0, 0.1) is 0 Å². The van der Waals surface area contributed by atoms with E-state index in [-0.39, 0.29) is 11.5 Å². The van der Waals surface area contributed by atoms with Crippen LogP contribution in [0.15, 0.2) is 59.5 Å². The second kappa shape index (κ2) is 5.74. The lowest BCUT2D eigenvalue weighted by atomic mass is 10.3. The van der Waals surface area contributed by atoms with Gasteiger partial charge in [0.15, 0.2) is 0 Å².